The number of morpholine rings is 1. The van der Waals surface area contributed by atoms with E-state index in [1.165, 1.54) is 7.11 Å². The highest BCUT2D eigenvalue weighted by Crippen LogP contribution is 2.29. The number of hydrogen-bond donors (Lipinski definition) is 2. The molecule has 0 unspecified atom stereocenters. The molecule has 1 aliphatic heterocycles. The summed E-state index contributed by atoms with van der Waals surface area (Å²) in [5.41, 5.74) is 0.872. The number of guanidine groups is 1. The Morgan fingerprint density at radius 1 is 1.23 bits per heavy atom. The van der Waals surface area contributed by atoms with E-state index in [1.807, 2.05) is 13.0 Å². The van der Waals surface area contributed by atoms with Crippen LogP contribution in [0.4, 0.5) is 8.78 Å². The fourth-order valence-corrected chi connectivity index (χ4v) is 3.04. The summed E-state index contributed by atoms with van der Waals surface area (Å²) < 4.78 is 40.1. The first-order chi connectivity index (χ1) is 14.1. The highest BCUT2D eigenvalue weighted by molar-refractivity contribution is 14.0. The summed E-state index contributed by atoms with van der Waals surface area (Å²) >= 11 is 0. The molecule has 2 rings (SSSR count). The van der Waals surface area contributed by atoms with Crippen molar-refractivity contribution in [3.05, 3.63) is 23.8 Å². The predicted octanol–water partition coefficient (Wildman–Crippen LogP) is 2.73. The molecule has 0 bridgehead atoms. The van der Waals surface area contributed by atoms with E-state index in [0.717, 1.165) is 63.9 Å². The number of hydrogen-bond acceptors (Lipinski definition) is 5. The summed E-state index contributed by atoms with van der Waals surface area (Å²) in [4.78, 5) is 7.00. The van der Waals surface area contributed by atoms with Crippen molar-refractivity contribution in [3.8, 4) is 11.5 Å². The van der Waals surface area contributed by atoms with Crippen LogP contribution in [0.25, 0.3) is 0 Å². The van der Waals surface area contributed by atoms with Crippen LogP contribution in [0.2, 0.25) is 0 Å². The molecule has 7 nitrogen and oxygen atoms in total. The molecule has 0 saturated carbocycles. The molecule has 1 aromatic rings. The summed E-state index contributed by atoms with van der Waals surface area (Å²) in [5.74, 6) is 1.09. The van der Waals surface area contributed by atoms with Gasteiger partial charge in [-0.05, 0) is 37.5 Å². The lowest BCUT2D eigenvalue weighted by molar-refractivity contribution is -0.0512. The van der Waals surface area contributed by atoms with Gasteiger partial charge in [-0.3, -0.25) is 9.89 Å². The second kappa shape index (κ2) is 15.4. The van der Waals surface area contributed by atoms with Gasteiger partial charge in [-0.2, -0.15) is 8.78 Å². The average molecular weight is 542 g/mol. The first kappa shape index (κ1) is 26.6. The highest BCUT2D eigenvalue weighted by Gasteiger charge is 2.12. The molecule has 1 heterocycles. The number of halogens is 3. The second-order valence-electron chi connectivity index (χ2n) is 6.61. The van der Waals surface area contributed by atoms with E-state index in [-0.39, 0.29) is 35.5 Å². The van der Waals surface area contributed by atoms with E-state index >= 15 is 0 Å². The third-order valence-corrected chi connectivity index (χ3v) is 4.50. The molecular formula is C20H33F2IN4O3. The fourth-order valence-electron chi connectivity index (χ4n) is 3.04. The van der Waals surface area contributed by atoms with Gasteiger partial charge in [0.1, 0.15) is 0 Å². The van der Waals surface area contributed by atoms with Crippen LogP contribution in [0.3, 0.4) is 0 Å². The highest BCUT2D eigenvalue weighted by atomic mass is 127. The third-order valence-electron chi connectivity index (χ3n) is 4.50. The van der Waals surface area contributed by atoms with Gasteiger partial charge in [-0.15, -0.1) is 24.0 Å². The summed E-state index contributed by atoms with van der Waals surface area (Å²) in [7, 11) is 1.42. The largest absolute Gasteiger partial charge is 0.493 e. The topological polar surface area (TPSA) is 67.4 Å². The van der Waals surface area contributed by atoms with E-state index in [1.54, 1.807) is 12.1 Å². The molecule has 1 fully saturated rings. The van der Waals surface area contributed by atoms with Gasteiger partial charge in [0.15, 0.2) is 17.5 Å². The van der Waals surface area contributed by atoms with Crippen LogP contribution in [0.15, 0.2) is 23.2 Å². The molecule has 0 radical (unpaired) electrons. The molecule has 1 aliphatic rings. The maximum absolute atomic E-state index is 12.6. The molecule has 1 saturated heterocycles. The Labute approximate surface area is 194 Å². The van der Waals surface area contributed by atoms with Crippen LogP contribution in [-0.2, 0) is 11.2 Å². The third kappa shape index (κ3) is 10.1. The van der Waals surface area contributed by atoms with E-state index in [2.05, 4.69) is 25.3 Å². The Hall–Kier alpha value is -1.40. The van der Waals surface area contributed by atoms with Crippen molar-refractivity contribution in [1.29, 1.82) is 0 Å². The molecule has 172 valence electrons. The zero-order chi connectivity index (χ0) is 20.9. The number of methoxy groups -OCH3 is 1. The summed E-state index contributed by atoms with van der Waals surface area (Å²) in [6.07, 6.45) is 1.63. The lowest BCUT2D eigenvalue weighted by atomic mass is 10.1. The van der Waals surface area contributed by atoms with Gasteiger partial charge in [0.2, 0.25) is 0 Å². The van der Waals surface area contributed by atoms with Crippen LogP contribution in [0, 0.1) is 0 Å². The van der Waals surface area contributed by atoms with Crippen molar-refractivity contribution in [3.63, 3.8) is 0 Å². The van der Waals surface area contributed by atoms with Crippen molar-refractivity contribution < 1.29 is 23.0 Å². The lowest BCUT2D eigenvalue weighted by Gasteiger charge is -2.26. The molecule has 0 aliphatic carbocycles. The van der Waals surface area contributed by atoms with Gasteiger partial charge in [-0.1, -0.05) is 6.07 Å². The van der Waals surface area contributed by atoms with E-state index in [9.17, 15) is 8.78 Å². The lowest BCUT2D eigenvalue weighted by Crippen LogP contribution is -2.39. The maximum Gasteiger partial charge on any atom is 0.387 e. The van der Waals surface area contributed by atoms with Crippen LogP contribution in [0.1, 0.15) is 18.9 Å². The molecule has 0 aromatic heterocycles. The molecule has 30 heavy (non-hydrogen) atoms. The molecular weight excluding hydrogens is 509 g/mol. The van der Waals surface area contributed by atoms with Gasteiger partial charge >= 0.3 is 6.61 Å². The Morgan fingerprint density at radius 2 is 2.00 bits per heavy atom. The average Bonchev–Trinajstić information content (AvgIpc) is 2.71. The standard InChI is InChI=1S/C20H32F2N4O3.HI/c1-3-23-20(24-8-4-10-26-11-13-28-14-12-26)25-9-7-16-5-6-17(27-2)18(15-16)29-19(21)22;/h5-6,15,19H,3-4,7-14H2,1-2H3,(H2,23,24,25);1H. The van der Waals surface area contributed by atoms with E-state index in [0.29, 0.717) is 13.0 Å². The quantitative estimate of drug-likeness (QED) is 0.194. The van der Waals surface area contributed by atoms with Gasteiger partial charge in [0.25, 0.3) is 0 Å². The monoisotopic (exact) mass is 542 g/mol. The molecule has 2 N–H and O–H groups in total. The zero-order valence-electron chi connectivity index (χ0n) is 17.7. The zero-order valence-corrected chi connectivity index (χ0v) is 20.0. The van der Waals surface area contributed by atoms with Crippen molar-refractivity contribution in [1.82, 2.24) is 15.5 Å². The van der Waals surface area contributed by atoms with E-state index in [4.69, 9.17) is 9.47 Å². The summed E-state index contributed by atoms with van der Waals surface area (Å²) in [5, 5.41) is 6.51. The van der Waals surface area contributed by atoms with Gasteiger partial charge < -0.3 is 24.8 Å². The number of benzene rings is 1. The van der Waals surface area contributed by atoms with Crippen molar-refractivity contribution in [2.45, 2.75) is 26.4 Å². The summed E-state index contributed by atoms with van der Waals surface area (Å²) in [6.45, 7) is 5.87. The van der Waals surface area contributed by atoms with Gasteiger partial charge in [-0.25, -0.2) is 0 Å². The predicted molar refractivity (Wildman–Crippen MR) is 125 cm³/mol. The molecule has 10 heteroatoms. The Morgan fingerprint density at radius 3 is 2.67 bits per heavy atom. The Balaban J connectivity index is 0.00000450. The van der Waals surface area contributed by atoms with Gasteiger partial charge in [0, 0.05) is 39.3 Å². The molecule has 0 atom stereocenters. The minimum Gasteiger partial charge on any atom is -0.493 e. The maximum atomic E-state index is 12.6. The number of nitrogens with one attached hydrogen (secondary N) is 2. The van der Waals surface area contributed by atoms with E-state index < -0.39 is 6.61 Å². The second-order valence-corrected chi connectivity index (χ2v) is 6.61. The van der Waals surface area contributed by atoms with Crippen molar-refractivity contribution in [2.24, 2.45) is 4.99 Å². The number of ether oxygens (including phenoxy) is 3. The minimum absolute atomic E-state index is 0. The first-order valence-electron chi connectivity index (χ1n) is 10.1. The van der Waals surface area contributed by atoms with Crippen LogP contribution in [0.5, 0.6) is 11.5 Å². The first-order valence-corrected chi connectivity index (χ1v) is 10.1. The Bertz CT molecular complexity index is 632. The van der Waals surface area contributed by atoms with Crippen LogP contribution >= 0.6 is 24.0 Å². The van der Waals surface area contributed by atoms with Crippen molar-refractivity contribution in [2.75, 3.05) is 59.6 Å². The van der Waals surface area contributed by atoms with Crippen molar-refractivity contribution >= 4 is 29.9 Å². The number of aliphatic imine (C=N–C) groups is 1. The van der Waals surface area contributed by atoms with Crippen LogP contribution < -0.4 is 20.1 Å². The molecule has 1 aromatic carbocycles. The van der Waals surface area contributed by atoms with Crippen LogP contribution in [-0.4, -0.2) is 77.1 Å². The number of nitrogens with zero attached hydrogens (tertiary/aromatic N) is 2. The Kier molecular flexibility index (Phi) is 13.7. The minimum atomic E-state index is -2.89. The normalized spacial score (nSPS) is 14.9. The smallest absolute Gasteiger partial charge is 0.387 e. The fraction of sp³-hybridized carbons (Fsp3) is 0.650. The van der Waals surface area contributed by atoms with Gasteiger partial charge in [0.05, 0.1) is 20.3 Å². The summed E-state index contributed by atoms with van der Waals surface area (Å²) in [6, 6.07) is 5.06. The molecule has 0 amide bonds. The number of alkyl halides is 2. The number of rotatable bonds is 11. The molecule has 0 spiro atoms. The SMILES string of the molecule is CCNC(=NCCCN1CCOCC1)NCCc1ccc(OC)c(OC(F)F)c1.I.